The molecule has 31 heavy (non-hydrogen) atoms. The Morgan fingerprint density at radius 1 is 1.19 bits per heavy atom. The van der Waals surface area contributed by atoms with Crippen LogP contribution in [0.3, 0.4) is 0 Å². The SMILES string of the molecule is CC(Sc1nnc(CN2CCCCC2)n1-c1ccccc1)C(=O)NC1CCS(=O)(=O)C1. The first kappa shape index (κ1) is 22.3. The number of hydrogen-bond donors (Lipinski definition) is 1. The quantitative estimate of drug-likeness (QED) is 0.628. The molecule has 1 aromatic heterocycles. The van der Waals surface area contributed by atoms with Crippen LogP contribution in [0.15, 0.2) is 35.5 Å². The number of para-hydroxylation sites is 1. The lowest BCUT2D eigenvalue weighted by atomic mass is 10.1. The Labute approximate surface area is 187 Å². The minimum Gasteiger partial charge on any atom is -0.351 e. The average Bonchev–Trinajstić information content (AvgIpc) is 3.31. The van der Waals surface area contributed by atoms with Crippen molar-refractivity contribution >= 4 is 27.5 Å². The van der Waals surface area contributed by atoms with E-state index >= 15 is 0 Å². The van der Waals surface area contributed by atoms with Gasteiger partial charge in [-0.15, -0.1) is 10.2 Å². The third-order valence-corrected chi connectivity index (χ3v) is 8.57. The fraction of sp³-hybridized carbons (Fsp3) is 0.571. The summed E-state index contributed by atoms with van der Waals surface area (Å²) in [4.78, 5) is 15.1. The molecule has 0 spiro atoms. The van der Waals surface area contributed by atoms with Crippen molar-refractivity contribution in [1.82, 2.24) is 25.0 Å². The molecule has 168 valence electrons. The zero-order valence-electron chi connectivity index (χ0n) is 17.7. The standard InChI is InChI=1S/C21H29N5O3S2/c1-16(20(27)22-17-10-13-31(28,29)15-17)30-21-24-23-19(14-25-11-6-3-7-12-25)26(21)18-8-4-2-5-9-18/h2,4-5,8-9,16-17H,3,6-7,10-15H2,1H3,(H,22,27). The van der Waals surface area contributed by atoms with Gasteiger partial charge in [0.1, 0.15) is 0 Å². The summed E-state index contributed by atoms with van der Waals surface area (Å²) in [6.07, 6.45) is 4.16. The van der Waals surface area contributed by atoms with E-state index in [0.717, 1.165) is 31.1 Å². The molecule has 2 aromatic rings. The summed E-state index contributed by atoms with van der Waals surface area (Å²) in [7, 11) is -3.03. The Morgan fingerprint density at radius 3 is 2.61 bits per heavy atom. The molecule has 10 heteroatoms. The van der Waals surface area contributed by atoms with Crippen LogP contribution in [0.2, 0.25) is 0 Å². The first-order valence-corrected chi connectivity index (χ1v) is 13.5. The largest absolute Gasteiger partial charge is 0.351 e. The third-order valence-electron chi connectivity index (χ3n) is 5.76. The molecule has 0 radical (unpaired) electrons. The maximum absolute atomic E-state index is 12.7. The van der Waals surface area contributed by atoms with E-state index < -0.39 is 15.1 Å². The van der Waals surface area contributed by atoms with E-state index in [1.54, 1.807) is 0 Å². The zero-order valence-corrected chi connectivity index (χ0v) is 19.4. The molecular weight excluding hydrogens is 434 g/mol. The highest BCUT2D eigenvalue weighted by Crippen LogP contribution is 2.27. The normalized spacial score (nSPS) is 22.3. The number of hydrogen-bond acceptors (Lipinski definition) is 7. The number of sulfone groups is 1. The van der Waals surface area contributed by atoms with Gasteiger partial charge in [-0.3, -0.25) is 14.3 Å². The van der Waals surface area contributed by atoms with Crippen molar-refractivity contribution in [2.24, 2.45) is 0 Å². The lowest BCUT2D eigenvalue weighted by Crippen LogP contribution is -2.40. The zero-order chi connectivity index (χ0) is 21.8. The van der Waals surface area contributed by atoms with Gasteiger partial charge in [0.25, 0.3) is 0 Å². The van der Waals surface area contributed by atoms with Crippen LogP contribution >= 0.6 is 11.8 Å². The lowest BCUT2D eigenvalue weighted by molar-refractivity contribution is -0.120. The number of likely N-dealkylation sites (tertiary alicyclic amines) is 1. The minimum atomic E-state index is -3.03. The van der Waals surface area contributed by atoms with Crippen LogP contribution in [0.25, 0.3) is 5.69 Å². The summed E-state index contributed by atoms with van der Waals surface area (Å²) >= 11 is 1.35. The van der Waals surface area contributed by atoms with E-state index in [4.69, 9.17) is 0 Å². The van der Waals surface area contributed by atoms with Gasteiger partial charge >= 0.3 is 0 Å². The molecular formula is C21H29N5O3S2. The number of benzene rings is 1. The van der Waals surface area contributed by atoms with Crippen LogP contribution in [-0.4, -0.2) is 69.9 Å². The summed E-state index contributed by atoms with van der Waals surface area (Å²) in [5.74, 6) is 0.857. The van der Waals surface area contributed by atoms with Gasteiger partial charge < -0.3 is 5.32 Å². The Kier molecular flexibility index (Phi) is 6.98. The smallest absolute Gasteiger partial charge is 0.233 e. The summed E-state index contributed by atoms with van der Waals surface area (Å²) in [5, 5.41) is 12.0. The number of amides is 1. The molecule has 0 bridgehead atoms. The number of carbonyl (C=O) groups is 1. The van der Waals surface area contributed by atoms with Crippen LogP contribution in [-0.2, 0) is 21.2 Å². The van der Waals surface area contributed by atoms with E-state index in [1.807, 2.05) is 41.8 Å². The highest BCUT2D eigenvalue weighted by molar-refractivity contribution is 8.00. The molecule has 2 aliphatic rings. The Balaban J connectivity index is 1.49. The van der Waals surface area contributed by atoms with Crippen molar-refractivity contribution in [1.29, 1.82) is 0 Å². The van der Waals surface area contributed by atoms with Crippen LogP contribution in [0.5, 0.6) is 0 Å². The van der Waals surface area contributed by atoms with Crippen LogP contribution in [0.1, 0.15) is 38.4 Å². The topological polar surface area (TPSA) is 97.2 Å². The molecule has 2 aliphatic heterocycles. The van der Waals surface area contributed by atoms with Gasteiger partial charge in [0, 0.05) is 11.7 Å². The number of piperidine rings is 1. The Bertz CT molecular complexity index is 1000. The van der Waals surface area contributed by atoms with Crippen molar-refractivity contribution < 1.29 is 13.2 Å². The first-order valence-electron chi connectivity index (χ1n) is 10.8. The maximum Gasteiger partial charge on any atom is 0.233 e. The average molecular weight is 464 g/mol. The predicted molar refractivity (Wildman–Crippen MR) is 121 cm³/mol. The van der Waals surface area contributed by atoms with Crippen molar-refractivity contribution in [3.63, 3.8) is 0 Å². The lowest BCUT2D eigenvalue weighted by Gasteiger charge is -2.26. The molecule has 2 saturated heterocycles. The van der Waals surface area contributed by atoms with Crippen molar-refractivity contribution in [3.8, 4) is 5.69 Å². The van der Waals surface area contributed by atoms with Crippen molar-refractivity contribution in [3.05, 3.63) is 36.2 Å². The van der Waals surface area contributed by atoms with Gasteiger partial charge in [-0.05, 0) is 51.4 Å². The summed E-state index contributed by atoms with van der Waals surface area (Å²) < 4.78 is 25.4. The van der Waals surface area contributed by atoms with Crippen LogP contribution in [0, 0.1) is 0 Å². The first-order chi connectivity index (χ1) is 14.9. The molecule has 0 aliphatic carbocycles. The maximum atomic E-state index is 12.7. The van der Waals surface area contributed by atoms with Crippen LogP contribution < -0.4 is 5.32 Å². The van der Waals surface area contributed by atoms with Crippen molar-refractivity contribution in [2.75, 3.05) is 24.6 Å². The predicted octanol–water partition coefficient (Wildman–Crippen LogP) is 2.04. The molecule has 0 saturated carbocycles. The van der Waals surface area contributed by atoms with Gasteiger partial charge in [0.15, 0.2) is 20.8 Å². The highest BCUT2D eigenvalue weighted by Gasteiger charge is 2.31. The number of aromatic nitrogens is 3. The molecule has 2 fully saturated rings. The second-order valence-electron chi connectivity index (χ2n) is 8.28. The van der Waals surface area contributed by atoms with Gasteiger partial charge in [0.05, 0.1) is 23.3 Å². The van der Waals surface area contributed by atoms with Gasteiger partial charge in [-0.1, -0.05) is 36.4 Å². The number of carbonyl (C=O) groups excluding carboxylic acids is 1. The molecule has 4 rings (SSSR count). The number of thioether (sulfide) groups is 1. The Hall–Kier alpha value is -1.91. The van der Waals surface area contributed by atoms with Gasteiger partial charge in [-0.2, -0.15) is 0 Å². The summed E-state index contributed by atoms with van der Waals surface area (Å²) in [6, 6.07) is 9.65. The van der Waals surface area contributed by atoms with E-state index in [2.05, 4.69) is 20.4 Å². The molecule has 8 nitrogen and oxygen atoms in total. The monoisotopic (exact) mass is 463 g/mol. The molecule has 2 atom stereocenters. The second kappa shape index (κ2) is 9.70. The summed E-state index contributed by atoms with van der Waals surface area (Å²) in [5.41, 5.74) is 0.969. The number of nitrogens with one attached hydrogen (secondary N) is 1. The van der Waals surface area contributed by atoms with E-state index in [-0.39, 0.29) is 23.5 Å². The summed E-state index contributed by atoms with van der Waals surface area (Å²) in [6.45, 7) is 4.67. The van der Waals surface area contributed by atoms with E-state index in [9.17, 15) is 13.2 Å². The molecule has 1 aromatic carbocycles. The fourth-order valence-corrected chi connectivity index (χ4v) is 6.64. The van der Waals surface area contributed by atoms with Crippen LogP contribution in [0.4, 0.5) is 0 Å². The minimum absolute atomic E-state index is 0.0241. The molecule has 1 amide bonds. The van der Waals surface area contributed by atoms with E-state index in [1.165, 1.54) is 31.0 Å². The third kappa shape index (κ3) is 5.67. The van der Waals surface area contributed by atoms with Crippen molar-refractivity contribution in [2.45, 2.75) is 55.6 Å². The van der Waals surface area contributed by atoms with Gasteiger partial charge in [-0.25, -0.2) is 8.42 Å². The molecule has 1 N–H and O–H groups in total. The fourth-order valence-electron chi connectivity index (χ4n) is 4.07. The van der Waals surface area contributed by atoms with E-state index in [0.29, 0.717) is 11.6 Å². The Morgan fingerprint density at radius 2 is 1.94 bits per heavy atom. The number of rotatable bonds is 7. The number of nitrogens with zero attached hydrogens (tertiary/aromatic N) is 4. The molecule has 3 heterocycles. The molecule has 2 unspecified atom stereocenters. The van der Waals surface area contributed by atoms with Gasteiger partial charge in [0.2, 0.25) is 5.91 Å². The second-order valence-corrected chi connectivity index (χ2v) is 11.8. The highest BCUT2D eigenvalue weighted by atomic mass is 32.2.